The quantitative estimate of drug-likeness (QED) is 0.552. The Kier molecular flexibility index (Phi) is 5.71. The summed E-state index contributed by atoms with van der Waals surface area (Å²) in [7, 11) is 0. The van der Waals surface area contributed by atoms with Gasteiger partial charge in [0.1, 0.15) is 0 Å². The van der Waals surface area contributed by atoms with Gasteiger partial charge in [0, 0.05) is 6.42 Å². The lowest BCUT2D eigenvalue weighted by molar-refractivity contribution is -0.358. The lowest BCUT2D eigenvalue weighted by atomic mass is 9.76. The minimum absolute atomic E-state index is 0.202. The molecular formula is C12H17F7O2. The number of halogens is 7. The molecule has 0 spiro atoms. The molecule has 21 heavy (non-hydrogen) atoms. The van der Waals surface area contributed by atoms with Gasteiger partial charge in [-0.2, -0.15) is 30.7 Å². The Bertz CT molecular complexity index is 369. The van der Waals surface area contributed by atoms with E-state index < -0.39 is 41.7 Å². The van der Waals surface area contributed by atoms with Crippen molar-refractivity contribution in [2.75, 3.05) is 6.61 Å². The van der Waals surface area contributed by atoms with Gasteiger partial charge in [-0.1, -0.05) is 20.8 Å². The molecule has 0 aromatic heterocycles. The van der Waals surface area contributed by atoms with Crippen LogP contribution in [0, 0.1) is 11.3 Å². The molecule has 0 amide bonds. The second-order valence-corrected chi connectivity index (χ2v) is 5.65. The highest BCUT2D eigenvalue weighted by atomic mass is 19.4. The van der Waals surface area contributed by atoms with E-state index in [1.165, 1.54) is 27.7 Å². The molecule has 0 aromatic carbocycles. The van der Waals surface area contributed by atoms with Crippen molar-refractivity contribution in [2.45, 2.75) is 52.1 Å². The molecule has 9 heteroatoms. The number of alkyl halides is 7. The summed E-state index contributed by atoms with van der Waals surface area (Å²) in [5.41, 5.74) is -1.27. The first kappa shape index (κ1) is 20.0. The van der Waals surface area contributed by atoms with Gasteiger partial charge in [0.2, 0.25) is 0 Å². The molecule has 0 heterocycles. The summed E-state index contributed by atoms with van der Waals surface area (Å²) in [5, 5.41) is 0. The molecule has 0 rings (SSSR count). The van der Waals surface area contributed by atoms with Gasteiger partial charge in [-0.25, -0.2) is 0 Å². The Hall–Kier alpha value is -1.02. The average molecular weight is 326 g/mol. The monoisotopic (exact) mass is 326 g/mol. The SMILES string of the molecule is CCOC(=O)C(CC(F)(F)C(F)(F)C(F)(F)F)C(C)(C)C. The average Bonchev–Trinajstić information content (AvgIpc) is 2.22. The molecule has 0 bridgehead atoms. The van der Waals surface area contributed by atoms with Crippen LogP contribution in [0.25, 0.3) is 0 Å². The Morgan fingerprint density at radius 3 is 1.71 bits per heavy atom. The van der Waals surface area contributed by atoms with E-state index in [4.69, 9.17) is 0 Å². The van der Waals surface area contributed by atoms with Crippen LogP contribution in [0.15, 0.2) is 0 Å². The predicted molar refractivity (Wildman–Crippen MR) is 60.1 cm³/mol. The zero-order valence-corrected chi connectivity index (χ0v) is 12.0. The first-order valence-electron chi connectivity index (χ1n) is 6.07. The van der Waals surface area contributed by atoms with E-state index in [1.54, 1.807) is 0 Å². The summed E-state index contributed by atoms with van der Waals surface area (Å²) in [4.78, 5) is 11.6. The summed E-state index contributed by atoms with van der Waals surface area (Å²) >= 11 is 0. The topological polar surface area (TPSA) is 26.3 Å². The summed E-state index contributed by atoms with van der Waals surface area (Å²) in [6.45, 7) is 4.98. The molecule has 0 radical (unpaired) electrons. The number of carbonyl (C=O) groups is 1. The smallest absolute Gasteiger partial charge is 0.459 e. The van der Waals surface area contributed by atoms with Crippen molar-refractivity contribution >= 4 is 5.97 Å². The molecule has 0 aliphatic rings. The summed E-state index contributed by atoms with van der Waals surface area (Å²) in [6, 6.07) is 0. The molecule has 0 saturated heterocycles. The maximum Gasteiger partial charge on any atom is 0.459 e. The van der Waals surface area contributed by atoms with E-state index in [9.17, 15) is 35.5 Å². The van der Waals surface area contributed by atoms with Crippen LogP contribution in [0.1, 0.15) is 34.1 Å². The zero-order valence-electron chi connectivity index (χ0n) is 12.0. The largest absolute Gasteiger partial charge is 0.466 e. The van der Waals surface area contributed by atoms with Gasteiger partial charge in [-0.3, -0.25) is 4.79 Å². The number of carbonyl (C=O) groups excluding carboxylic acids is 1. The van der Waals surface area contributed by atoms with Crippen molar-refractivity contribution in [3.8, 4) is 0 Å². The maximum absolute atomic E-state index is 13.4. The van der Waals surface area contributed by atoms with Crippen molar-refractivity contribution < 1.29 is 40.3 Å². The first-order chi connectivity index (χ1) is 9.08. The molecule has 126 valence electrons. The second-order valence-electron chi connectivity index (χ2n) is 5.65. The fourth-order valence-electron chi connectivity index (χ4n) is 1.58. The number of ether oxygens (including phenoxy) is 1. The molecule has 0 saturated carbocycles. The van der Waals surface area contributed by atoms with E-state index in [-0.39, 0.29) is 6.61 Å². The van der Waals surface area contributed by atoms with E-state index in [0.717, 1.165) is 0 Å². The Morgan fingerprint density at radius 2 is 1.43 bits per heavy atom. The number of esters is 1. The second kappa shape index (κ2) is 6.00. The fraction of sp³-hybridized carbons (Fsp3) is 0.917. The van der Waals surface area contributed by atoms with E-state index >= 15 is 0 Å². The van der Waals surface area contributed by atoms with Crippen molar-refractivity contribution in [1.82, 2.24) is 0 Å². The van der Waals surface area contributed by atoms with Crippen LogP contribution in [-0.4, -0.2) is 30.6 Å². The number of hydrogen-bond acceptors (Lipinski definition) is 2. The molecule has 0 aliphatic carbocycles. The molecular weight excluding hydrogens is 309 g/mol. The highest BCUT2D eigenvalue weighted by Crippen LogP contribution is 2.50. The van der Waals surface area contributed by atoms with Crippen molar-refractivity contribution in [1.29, 1.82) is 0 Å². The van der Waals surface area contributed by atoms with Crippen LogP contribution in [0.4, 0.5) is 30.7 Å². The maximum atomic E-state index is 13.4. The Balaban J connectivity index is 5.48. The van der Waals surface area contributed by atoms with Crippen LogP contribution in [-0.2, 0) is 9.53 Å². The van der Waals surface area contributed by atoms with Gasteiger partial charge < -0.3 is 4.74 Å². The highest BCUT2D eigenvalue weighted by molar-refractivity contribution is 5.73. The third kappa shape index (κ3) is 4.47. The van der Waals surface area contributed by atoms with Crippen molar-refractivity contribution in [2.24, 2.45) is 11.3 Å². The van der Waals surface area contributed by atoms with Crippen molar-refractivity contribution in [3.05, 3.63) is 0 Å². The van der Waals surface area contributed by atoms with E-state index in [1.807, 2.05) is 0 Å². The Labute approximate surface area is 117 Å². The van der Waals surface area contributed by atoms with E-state index in [2.05, 4.69) is 4.74 Å². The molecule has 0 N–H and O–H groups in total. The van der Waals surface area contributed by atoms with Crippen LogP contribution < -0.4 is 0 Å². The standard InChI is InChI=1S/C12H17F7O2/c1-5-21-8(20)7(9(2,3)4)6-10(13,14)11(15,16)12(17,18)19/h7H,5-6H2,1-4H3. The zero-order chi connectivity index (χ0) is 17.3. The fourth-order valence-corrected chi connectivity index (χ4v) is 1.58. The summed E-state index contributed by atoms with van der Waals surface area (Å²) < 4.78 is 93.3. The molecule has 0 fully saturated rings. The van der Waals surface area contributed by atoms with Crippen molar-refractivity contribution in [3.63, 3.8) is 0 Å². The lowest BCUT2D eigenvalue weighted by Crippen LogP contribution is -2.54. The molecule has 1 unspecified atom stereocenters. The van der Waals surface area contributed by atoms with Crippen LogP contribution in [0.2, 0.25) is 0 Å². The van der Waals surface area contributed by atoms with Gasteiger partial charge in [0.15, 0.2) is 0 Å². The van der Waals surface area contributed by atoms with Gasteiger partial charge in [0.25, 0.3) is 0 Å². The molecule has 0 aliphatic heterocycles. The minimum atomic E-state index is -6.41. The van der Waals surface area contributed by atoms with Gasteiger partial charge >= 0.3 is 24.0 Å². The molecule has 2 nitrogen and oxygen atoms in total. The molecule has 0 aromatic rings. The van der Waals surface area contributed by atoms with Crippen LogP contribution >= 0.6 is 0 Å². The van der Waals surface area contributed by atoms with Crippen LogP contribution in [0.3, 0.4) is 0 Å². The van der Waals surface area contributed by atoms with Gasteiger partial charge in [0.05, 0.1) is 12.5 Å². The lowest BCUT2D eigenvalue weighted by Gasteiger charge is -2.35. The Morgan fingerprint density at radius 1 is 1.00 bits per heavy atom. The number of hydrogen-bond donors (Lipinski definition) is 0. The van der Waals surface area contributed by atoms with Gasteiger partial charge in [-0.15, -0.1) is 0 Å². The minimum Gasteiger partial charge on any atom is -0.466 e. The third-order valence-corrected chi connectivity index (χ3v) is 2.89. The number of rotatable bonds is 5. The van der Waals surface area contributed by atoms with E-state index in [0.29, 0.717) is 0 Å². The molecule has 1 atom stereocenters. The van der Waals surface area contributed by atoms with Gasteiger partial charge in [-0.05, 0) is 12.3 Å². The summed E-state index contributed by atoms with van der Waals surface area (Å²) in [5.74, 6) is -14.7. The summed E-state index contributed by atoms with van der Waals surface area (Å²) in [6.07, 6.45) is -8.37. The third-order valence-electron chi connectivity index (χ3n) is 2.89. The highest BCUT2D eigenvalue weighted by Gasteiger charge is 2.73. The first-order valence-corrected chi connectivity index (χ1v) is 6.07. The normalized spacial score (nSPS) is 15.8. The predicted octanol–water partition coefficient (Wildman–Crippen LogP) is 4.43. The van der Waals surface area contributed by atoms with Crippen LogP contribution in [0.5, 0.6) is 0 Å².